The van der Waals surface area contributed by atoms with Crippen molar-refractivity contribution in [3.63, 3.8) is 0 Å². The summed E-state index contributed by atoms with van der Waals surface area (Å²) in [6.45, 7) is 4.62. The van der Waals surface area contributed by atoms with Crippen LogP contribution < -0.4 is 10.1 Å². The van der Waals surface area contributed by atoms with E-state index in [0.717, 1.165) is 31.9 Å². The van der Waals surface area contributed by atoms with Gasteiger partial charge < -0.3 is 14.8 Å². The lowest BCUT2D eigenvalue weighted by molar-refractivity contribution is 0.188. The molecule has 0 aliphatic carbocycles. The molecule has 5 nitrogen and oxygen atoms in total. The molecule has 0 saturated carbocycles. The summed E-state index contributed by atoms with van der Waals surface area (Å²) in [4.78, 5) is 0. The second-order valence-corrected chi connectivity index (χ2v) is 3.83. The number of hydrogen-bond acceptors (Lipinski definition) is 4. The van der Waals surface area contributed by atoms with Gasteiger partial charge in [-0.1, -0.05) is 0 Å². The normalized spacial score (nSPS) is 12.7. The van der Waals surface area contributed by atoms with Crippen molar-refractivity contribution in [3.05, 3.63) is 12.4 Å². The Bertz CT molecular complexity index is 289. The fourth-order valence-electron chi connectivity index (χ4n) is 1.38. The van der Waals surface area contributed by atoms with Gasteiger partial charge in [0.1, 0.15) is 6.10 Å². The Morgan fingerprint density at radius 1 is 1.56 bits per heavy atom. The summed E-state index contributed by atoms with van der Waals surface area (Å²) in [7, 11) is 3.59. The third-order valence-corrected chi connectivity index (χ3v) is 2.15. The molecule has 92 valence electrons. The van der Waals surface area contributed by atoms with Gasteiger partial charge in [-0.2, -0.15) is 5.10 Å². The minimum absolute atomic E-state index is 0.145. The van der Waals surface area contributed by atoms with Gasteiger partial charge in [0.15, 0.2) is 5.75 Å². The van der Waals surface area contributed by atoms with Gasteiger partial charge in [0.05, 0.1) is 12.4 Å². The lowest BCUT2D eigenvalue weighted by Crippen LogP contribution is -2.29. The van der Waals surface area contributed by atoms with Gasteiger partial charge in [-0.15, -0.1) is 0 Å². The van der Waals surface area contributed by atoms with E-state index in [-0.39, 0.29) is 6.10 Å². The second-order valence-electron chi connectivity index (χ2n) is 3.83. The quantitative estimate of drug-likeness (QED) is 0.668. The number of rotatable bonds is 8. The van der Waals surface area contributed by atoms with Gasteiger partial charge in [-0.3, -0.25) is 4.68 Å². The number of nitrogens with one attached hydrogen (secondary N) is 1. The van der Waals surface area contributed by atoms with Crippen LogP contribution in [0.1, 0.15) is 13.3 Å². The zero-order chi connectivity index (χ0) is 11.8. The molecular weight excluding hydrogens is 206 g/mol. The lowest BCUT2D eigenvalue weighted by Gasteiger charge is -2.13. The highest BCUT2D eigenvalue weighted by molar-refractivity contribution is 5.11. The van der Waals surface area contributed by atoms with Crippen LogP contribution in [0.4, 0.5) is 0 Å². The van der Waals surface area contributed by atoms with E-state index in [4.69, 9.17) is 9.47 Å². The van der Waals surface area contributed by atoms with Crippen molar-refractivity contribution in [3.8, 4) is 5.75 Å². The summed E-state index contributed by atoms with van der Waals surface area (Å²) in [5, 5.41) is 7.36. The second kappa shape index (κ2) is 7.24. The third kappa shape index (κ3) is 5.14. The van der Waals surface area contributed by atoms with Crippen LogP contribution in [0.25, 0.3) is 0 Å². The van der Waals surface area contributed by atoms with Crippen LogP contribution in [0.15, 0.2) is 12.4 Å². The van der Waals surface area contributed by atoms with E-state index in [2.05, 4.69) is 10.4 Å². The van der Waals surface area contributed by atoms with Gasteiger partial charge in [-0.25, -0.2) is 0 Å². The molecule has 0 fully saturated rings. The largest absolute Gasteiger partial charge is 0.486 e. The molecule has 1 N–H and O–H groups in total. The molecule has 1 aromatic heterocycles. The standard InChI is InChI=1S/C11H21N3O2/c1-10(7-12-5-4-6-15-3)16-11-8-13-14(2)9-11/h8-10,12H,4-7H2,1-3H3. The minimum atomic E-state index is 0.145. The SMILES string of the molecule is COCCCNCC(C)Oc1cnn(C)c1. The van der Waals surface area contributed by atoms with Crippen LogP contribution >= 0.6 is 0 Å². The number of hydrogen-bond donors (Lipinski definition) is 1. The zero-order valence-corrected chi connectivity index (χ0v) is 10.3. The van der Waals surface area contributed by atoms with Gasteiger partial charge in [0.25, 0.3) is 0 Å². The number of aryl methyl sites for hydroxylation is 1. The molecule has 1 aromatic rings. The van der Waals surface area contributed by atoms with Gasteiger partial charge >= 0.3 is 0 Å². The first kappa shape index (κ1) is 13.0. The van der Waals surface area contributed by atoms with Crippen molar-refractivity contribution in [1.29, 1.82) is 0 Å². The molecule has 1 atom stereocenters. The van der Waals surface area contributed by atoms with E-state index >= 15 is 0 Å². The number of nitrogens with zero attached hydrogens (tertiary/aromatic N) is 2. The maximum Gasteiger partial charge on any atom is 0.157 e. The van der Waals surface area contributed by atoms with E-state index in [1.807, 2.05) is 20.2 Å². The number of aromatic nitrogens is 2. The van der Waals surface area contributed by atoms with Crippen molar-refractivity contribution in [2.24, 2.45) is 7.05 Å². The molecule has 16 heavy (non-hydrogen) atoms. The van der Waals surface area contributed by atoms with Gasteiger partial charge in [0, 0.05) is 27.3 Å². The Hall–Kier alpha value is -1.07. The molecule has 0 aliphatic rings. The first-order valence-electron chi connectivity index (χ1n) is 5.57. The van der Waals surface area contributed by atoms with Crippen LogP contribution in [-0.4, -0.2) is 42.7 Å². The summed E-state index contributed by atoms with van der Waals surface area (Å²) >= 11 is 0. The van der Waals surface area contributed by atoms with Crippen molar-refractivity contribution in [1.82, 2.24) is 15.1 Å². The summed E-state index contributed by atoms with van der Waals surface area (Å²) in [6, 6.07) is 0. The Morgan fingerprint density at radius 2 is 2.38 bits per heavy atom. The van der Waals surface area contributed by atoms with Gasteiger partial charge in [0.2, 0.25) is 0 Å². The Labute approximate surface area is 96.7 Å². The van der Waals surface area contributed by atoms with Crippen LogP contribution in [0.5, 0.6) is 5.75 Å². The molecule has 1 unspecified atom stereocenters. The van der Waals surface area contributed by atoms with E-state index in [1.165, 1.54) is 0 Å². The van der Waals surface area contributed by atoms with Crippen molar-refractivity contribution >= 4 is 0 Å². The maximum atomic E-state index is 5.66. The van der Waals surface area contributed by atoms with Crippen molar-refractivity contribution in [2.45, 2.75) is 19.4 Å². The third-order valence-electron chi connectivity index (χ3n) is 2.15. The van der Waals surface area contributed by atoms with E-state index in [0.29, 0.717) is 0 Å². The average Bonchev–Trinajstić information content (AvgIpc) is 2.63. The number of methoxy groups -OCH3 is 1. The Kier molecular flexibility index (Phi) is 5.88. The van der Waals surface area contributed by atoms with E-state index in [9.17, 15) is 0 Å². The predicted octanol–water partition coefficient (Wildman–Crippen LogP) is 0.813. The molecule has 0 spiro atoms. The minimum Gasteiger partial charge on any atom is -0.486 e. The smallest absolute Gasteiger partial charge is 0.157 e. The van der Waals surface area contributed by atoms with Crippen LogP contribution in [0.3, 0.4) is 0 Å². The van der Waals surface area contributed by atoms with Gasteiger partial charge in [-0.05, 0) is 19.9 Å². The van der Waals surface area contributed by atoms with Crippen LogP contribution in [0.2, 0.25) is 0 Å². The van der Waals surface area contributed by atoms with E-state index < -0.39 is 0 Å². The molecule has 5 heteroatoms. The molecule has 0 aromatic carbocycles. The first-order chi connectivity index (χ1) is 7.72. The zero-order valence-electron chi connectivity index (χ0n) is 10.3. The highest BCUT2D eigenvalue weighted by Crippen LogP contribution is 2.08. The molecule has 0 aliphatic heterocycles. The molecule has 1 rings (SSSR count). The molecule has 0 radical (unpaired) electrons. The monoisotopic (exact) mass is 227 g/mol. The fraction of sp³-hybridized carbons (Fsp3) is 0.727. The topological polar surface area (TPSA) is 48.3 Å². The Balaban J connectivity index is 2.09. The molecule has 0 bridgehead atoms. The summed E-state index contributed by atoms with van der Waals surface area (Å²) in [6.07, 6.45) is 4.76. The molecule has 1 heterocycles. The molecular formula is C11H21N3O2. The summed E-state index contributed by atoms with van der Waals surface area (Å²) in [5.41, 5.74) is 0. The highest BCUT2D eigenvalue weighted by Gasteiger charge is 2.04. The fourth-order valence-corrected chi connectivity index (χ4v) is 1.38. The van der Waals surface area contributed by atoms with Crippen LogP contribution in [-0.2, 0) is 11.8 Å². The summed E-state index contributed by atoms with van der Waals surface area (Å²) < 4.78 is 12.4. The highest BCUT2D eigenvalue weighted by atomic mass is 16.5. The molecule has 0 amide bonds. The Morgan fingerprint density at radius 3 is 3.00 bits per heavy atom. The maximum absolute atomic E-state index is 5.66. The predicted molar refractivity (Wildman–Crippen MR) is 62.7 cm³/mol. The molecule has 0 saturated heterocycles. The summed E-state index contributed by atoms with van der Waals surface area (Å²) in [5.74, 6) is 0.814. The number of ether oxygens (including phenoxy) is 2. The van der Waals surface area contributed by atoms with Crippen molar-refractivity contribution in [2.75, 3.05) is 26.8 Å². The van der Waals surface area contributed by atoms with Crippen LogP contribution in [0, 0.1) is 0 Å². The van der Waals surface area contributed by atoms with E-state index in [1.54, 1.807) is 18.0 Å². The van der Waals surface area contributed by atoms with Crippen molar-refractivity contribution < 1.29 is 9.47 Å². The average molecular weight is 227 g/mol. The lowest BCUT2D eigenvalue weighted by atomic mass is 10.3. The first-order valence-corrected chi connectivity index (χ1v) is 5.57.